The van der Waals surface area contributed by atoms with Gasteiger partial charge in [-0.1, -0.05) is 13.3 Å². The predicted octanol–water partition coefficient (Wildman–Crippen LogP) is 1.47. The molecule has 3 rings (SSSR count). The number of amides is 1. The molecule has 6 heteroatoms. The predicted molar refractivity (Wildman–Crippen MR) is 69.2 cm³/mol. The van der Waals surface area contributed by atoms with Crippen LogP contribution in [0.4, 0.5) is 0 Å². The number of carbonyl (C=O) groups excluding carboxylic acids is 1. The maximum atomic E-state index is 12.1. The van der Waals surface area contributed by atoms with Gasteiger partial charge in [0.15, 0.2) is 5.82 Å². The highest BCUT2D eigenvalue weighted by Gasteiger charge is 2.51. The van der Waals surface area contributed by atoms with Crippen molar-refractivity contribution in [1.29, 1.82) is 0 Å². The molecule has 1 aromatic heterocycles. The lowest BCUT2D eigenvalue weighted by Crippen LogP contribution is -2.44. The topological polar surface area (TPSA) is 63.9 Å². The van der Waals surface area contributed by atoms with Gasteiger partial charge in [0.05, 0.1) is 0 Å². The molecule has 1 aliphatic carbocycles. The lowest BCUT2D eigenvalue weighted by atomic mass is 9.97. The second-order valence-corrected chi connectivity index (χ2v) is 5.85. The summed E-state index contributed by atoms with van der Waals surface area (Å²) in [4.78, 5) is 14.2. The minimum atomic E-state index is -0.310. The summed E-state index contributed by atoms with van der Waals surface area (Å²) in [6.45, 7) is 5.10. The number of rotatable bonds is 5. The number of aromatic nitrogens is 4. The summed E-state index contributed by atoms with van der Waals surface area (Å²) in [7, 11) is 0. The molecule has 0 N–H and O–H groups in total. The van der Waals surface area contributed by atoms with Crippen molar-refractivity contribution in [3.63, 3.8) is 0 Å². The van der Waals surface area contributed by atoms with Crippen LogP contribution in [0.1, 0.15) is 58.2 Å². The van der Waals surface area contributed by atoms with Crippen molar-refractivity contribution in [1.82, 2.24) is 25.1 Å². The average Bonchev–Trinajstić information content (AvgIpc) is 3.01. The van der Waals surface area contributed by atoms with Crippen LogP contribution in [0.25, 0.3) is 0 Å². The second kappa shape index (κ2) is 4.58. The molecule has 1 saturated heterocycles. The first-order valence-corrected chi connectivity index (χ1v) is 7.25. The molecule has 2 fully saturated rings. The first-order valence-electron chi connectivity index (χ1n) is 7.25. The van der Waals surface area contributed by atoms with Gasteiger partial charge in [-0.3, -0.25) is 4.79 Å². The Balaban J connectivity index is 1.91. The standard InChI is InChI=1S/C13H21N5O/c1-3-4-9-17-12(14-15-16-17)13(2)8-7-11(19)18(13)10-5-6-10/h10H,3-9H2,1-2H3. The van der Waals surface area contributed by atoms with Crippen LogP contribution in [0.5, 0.6) is 0 Å². The zero-order valence-electron chi connectivity index (χ0n) is 11.7. The van der Waals surface area contributed by atoms with E-state index >= 15 is 0 Å². The van der Waals surface area contributed by atoms with Crippen molar-refractivity contribution < 1.29 is 4.79 Å². The third-order valence-corrected chi connectivity index (χ3v) is 4.28. The van der Waals surface area contributed by atoms with Gasteiger partial charge in [0, 0.05) is 19.0 Å². The molecule has 2 aliphatic rings. The number of carbonyl (C=O) groups is 1. The van der Waals surface area contributed by atoms with E-state index in [1.807, 2.05) is 9.58 Å². The van der Waals surface area contributed by atoms with Crippen molar-refractivity contribution in [3.05, 3.63) is 5.82 Å². The molecular weight excluding hydrogens is 242 g/mol. The normalized spacial score (nSPS) is 27.3. The lowest BCUT2D eigenvalue weighted by Gasteiger charge is -2.34. The van der Waals surface area contributed by atoms with Crippen molar-refractivity contribution in [2.24, 2.45) is 0 Å². The molecule has 0 radical (unpaired) electrons. The fourth-order valence-electron chi connectivity index (χ4n) is 3.07. The van der Waals surface area contributed by atoms with Crippen LogP contribution in [0.3, 0.4) is 0 Å². The average molecular weight is 263 g/mol. The highest BCUT2D eigenvalue weighted by Crippen LogP contribution is 2.45. The van der Waals surface area contributed by atoms with Gasteiger partial charge in [-0.05, 0) is 43.0 Å². The third kappa shape index (κ3) is 2.03. The number of unbranched alkanes of at least 4 members (excludes halogenated alkanes) is 1. The maximum absolute atomic E-state index is 12.1. The zero-order valence-corrected chi connectivity index (χ0v) is 11.7. The molecule has 6 nitrogen and oxygen atoms in total. The lowest BCUT2D eigenvalue weighted by molar-refractivity contribution is -0.132. The second-order valence-electron chi connectivity index (χ2n) is 5.85. The van der Waals surface area contributed by atoms with E-state index in [2.05, 4.69) is 29.4 Å². The summed E-state index contributed by atoms with van der Waals surface area (Å²) in [5.41, 5.74) is -0.310. The Morgan fingerprint density at radius 1 is 1.42 bits per heavy atom. The molecule has 1 aromatic rings. The van der Waals surface area contributed by atoms with Gasteiger partial charge in [-0.25, -0.2) is 4.68 Å². The molecule has 0 aromatic carbocycles. The van der Waals surface area contributed by atoms with Crippen molar-refractivity contribution >= 4 is 5.91 Å². The van der Waals surface area contributed by atoms with E-state index in [4.69, 9.17) is 0 Å². The molecule has 1 saturated carbocycles. The fourth-order valence-corrected chi connectivity index (χ4v) is 3.07. The first kappa shape index (κ1) is 12.6. The van der Waals surface area contributed by atoms with Crippen molar-refractivity contribution in [3.8, 4) is 0 Å². The van der Waals surface area contributed by atoms with Crippen LogP contribution in [-0.4, -0.2) is 37.1 Å². The van der Waals surface area contributed by atoms with Crippen LogP contribution < -0.4 is 0 Å². The Kier molecular flexibility index (Phi) is 3.03. The Morgan fingerprint density at radius 3 is 2.89 bits per heavy atom. The van der Waals surface area contributed by atoms with Crippen LogP contribution in [0, 0.1) is 0 Å². The number of likely N-dealkylation sites (tertiary alicyclic amines) is 1. The molecule has 2 heterocycles. The van der Waals surface area contributed by atoms with E-state index in [0.29, 0.717) is 12.5 Å². The van der Waals surface area contributed by atoms with Gasteiger partial charge in [0.1, 0.15) is 5.54 Å². The number of aryl methyl sites for hydroxylation is 1. The zero-order chi connectivity index (χ0) is 13.5. The summed E-state index contributed by atoms with van der Waals surface area (Å²) in [6.07, 6.45) is 5.87. The molecule has 1 atom stereocenters. The maximum Gasteiger partial charge on any atom is 0.223 e. The minimum absolute atomic E-state index is 0.259. The summed E-state index contributed by atoms with van der Waals surface area (Å²) < 4.78 is 1.89. The number of hydrogen-bond acceptors (Lipinski definition) is 4. The summed E-state index contributed by atoms with van der Waals surface area (Å²) >= 11 is 0. The van der Waals surface area contributed by atoms with Gasteiger partial charge in [-0.15, -0.1) is 5.10 Å². The summed E-state index contributed by atoms with van der Waals surface area (Å²) in [5, 5.41) is 12.2. The largest absolute Gasteiger partial charge is 0.327 e. The van der Waals surface area contributed by atoms with Crippen LogP contribution in [0.2, 0.25) is 0 Å². The Bertz CT molecular complexity index is 481. The quantitative estimate of drug-likeness (QED) is 0.807. The van der Waals surface area contributed by atoms with E-state index < -0.39 is 0 Å². The van der Waals surface area contributed by atoms with E-state index in [1.165, 1.54) is 0 Å². The Labute approximate surface area is 113 Å². The van der Waals surface area contributed by atoms with Crippen LogP contribution in [0.15, 0.2) is 0 Å². The van der Waals surface area contributed by atoms with E-state index in [-0.39, 0.29) is 11.4 Å². The van der Waals surface area contributed by atoms with Gasteiger partial charge < -0.3 is 4.90 Å². The monoisotopic (exact) mass is 263 g/mol. The van der Waals surface area contributed by atoms with Gasteiger partial charge in [0.2, 0.25) is 5.91 Å². The van der Waals surface area contributed by atoms with E-state index in [9.17, 15) is 4.79 Å². The molecule has 0 spiro atoms. The smallest absolute Gasteiger partial charge is 0.223 e. The number of hydrogen-bond donors (Lipinski definition) is 0. The molecule has 104 valence electrons. The SMILES string of the molecule is CCCCn1nnnc1C1(C)CCC(=O)N1C1CC1. The van der Waals surface area contributed by atoms with Gasteiger partial charge in [0.25, 0.3) is 0 Å². The van der Waals surface area contributed by atoms with E-state index in [1.54, 1.807) is 0 Å². The number of nitrogens with zero attached hydrogens (tertiary/aromatic N) is 5. The van der Waals surface area contributed by atoms with Crippen molar-refractivity contribution in [2.45, 2.75) is 70.5 Å². The molecule has 0 bridgehead atoms. The van der Waals surface area contributed by atoms with Crippen molar-refractivity contribution in [2.75, 3.05) is 0 Å². The fraction of sp³-hybridized carbons (Fsp3) is 0.846. The molecule has 1 unspecified atom stereocenters. The molecule has 1 aliphatic heterocycles. The van der Waals surface area contributed by atoms with Crippen LogP contribution in [-0.2, 0) is 16.9 Å². The van der Waals surface area contributed by atoms with Gasteiger partial charge >= 0.3 is 0 Å². The van der Waals surface area contributed by atoms with Gasteiger partial charge in [-0.2, -0.15) is 0 Å². The first-order chi connectivity index (χ1) is 9.16. The molecular formula is C13H21N5O. The van der Waals surface area contributed by atoms with Crippen LogP contribution >= 0.6 is 0 Å². The number of tetrazole rings is 1. The minimum Gasteiger partial charge on any atom is -0.327 e. The highest BCUT2D eigenvalue weighted by molar-refractivity contribution is 5.80. The highest BCUT2D eigenvalue weighted by atomic mass is 16.2. The van der Waals surface area contributed by atoms with E-state index in [0.717, 1.165) is 44.5 Å². The Hall–Kier alpha value is -1.46. The summed E-state index contributed by atoms with van der Waals surface area (Å²) in [6, 6.07) is 0.413. The Morgan fingerprint density at radius 2 is 2.21 bits per heavy atom. The molecule has 1 amide bonds. The molecule has 19 heavy (non-hydrogen) atoms. The summed E-state index contributed by atoms with van der Waals surface area (Å²) in [5.74, 6) is 1.12. The third-order valence-electron chi connectivity index (χ3n) is 4.28.